The van der Waals surface area contributed by atoms with E-state index < -0.39 is 0 Å². The molecule has 3 aromatic rings. The van der Waals surface area contributed by atoms with Gasteiger partial charge >= 0.3 is 6.03 Å². The largest absolute Gasteiger partial charge is 0.352 e. The maximum Gasteiger partial charge on any atom is 0.317 e. The maximum absolute atomic E-state index is 12.6. The molecule has 1 saturated carbocycles. The van der Waals surface area contributed by atoms with E-state index in [1.807, 2.05) is 23.1 Å². The Morgan fingerprint density at radius 3 is 2.53 bits per heavy atom. The molecule has 5 rings (SSSR count). The molecule has 2 fully saturated rings. The lowest BCUT2D eigenvalue weighted by atomic mass is 9.96. The van der Waals surface area contributed by atoms with E-state index in [9.17, 15) is 4.79 Å². The number of rotatable bonds is 3. The Hall–Kier alpha value is -2.74. The van der Waals surface area contributed by atoms with E-state index in [2.05, 4.69) is 36.7 Å². The van der Waals surface area contributed by atoms with Gasteiger partial charge in [0.15, 0.2) is 5.82 Å². The van der Waals surface area contributed by atoms with Gasteiger partial charge in [0, 0.05) is 37.8 Å². The zero-order valence-electron chi connectivity index (χ0n) is 17.0. The maximum atomic E-state index is 12.6. The number of amides is 2. The van der Waals surface area contributed by atoms with Gasteiger partial charge in [-0.15, -0.1) is 0 Å². The van der Waals surface area contributed by atoms with E-state index in [-0.39, 0.29) is 6.03 Å². The molecule has 3 heterocycles. The van der Waals surface area contributed by atoms with Crippen molar-refractivity contribution in [3.8, 4) is 11.3 Å². The highest BCUT2D eigenvalue weighted by Gasteiger charge is 2.26. The molecule has 30 heavy (non-hydrogen) atoms. The molecule has 1 N–H and O–H groups in total. The predicted octanol–water partition coefficient (Wildman–Crippen LogP) is 3.92. The van der Waals surface area contributed by atoms with Crippen molar-refractivity contribution >= 4 is 33.6 Å². The molecule has 0 bridgehead atoms. The standard InChI is InChI=1S/C22H26N6OS/c29-22(25-17-9-5-2-6-10-17)28-13-11-27(12-14-28)21-20-19(23-15-24-21)18(26-30-20)16-7-3-1-4-8-16/h1,3-4,7-8,15,17H,2,5-6,9-14H2,(H,25,29). The quantitative estimate of drug-likeness (QED) is 0.693. The minimum Gasteiger partial charge on any atom is -0.352 e. The van der Waals surface area contributed by atoms with Gasteiger partial charge in [-0.3, -0.25) is 0 Å². The number of aromatic nitrogens is 3. The molecular weight excluding hydrogens is 396 g/mol. The topological polar surface area (TPSA) is 74.2 Å². The van der Waals surface area contributed by atoms with Crippen molar-refractivity contribution in [2.45, 2.75) is 38.1 Å². The highest BCUT2D eigenvalue weighted by Crippen LogP contribution is 2.34. The number of anilines is 1. The molecule has 2 amide bonds. The van der Waals surface area contributed by atoms with Crippen LogP contribution < -0.4 is 10.2 Å². The molecule has 1 aliphatic heterocycles. The van der Waals surface area contributed by atoms with Crippen LogP contribution in [0.5, 0.6) is 0 Å². The summed E-state index contributed by atoms with van der Waals surface area (Å²) < 4.78 is 5.68. The lowest BCUT2D eigenvalue weighted by Crippen LogP contribution is -2.53. The van der Waals surface area contributed by atoms with Crippen LogP contribution in [0.3, 0.4) is 0 Å². The fraction of sp³-hybridized carbons (Fsp3) is 0.455. The Labute approximate surface area is 180 Å². The molecule has 2 aliphatic rings. The number of carbonyl (C=O) groups excluding carboxylic acids is 1. The van der Waals surface area contributed by atoms with Crippen LogP contribution in [0.4, 0.5) is 10.6 Å². The van der Waals surface area contributed by atoms with Gasteiger partial charge in [-0.1, -0.05) is 49.6 Å². The summed E-state index contributed by atoms with van der Waals surface area (Å²) in [6.45, 7) is 2.94. The minimum absolute atomic E-state index is 0.0820. The smallest absolute Gasteiger partial charge is 0.317 e. The number of hydrogen-bond donors (Lipinski definition) is 1. The van der Waals surface area contributed by atoms with Crippen molar-refractivity contribution in [1.29, 1.82) is 0 Å². The van der Waals surface area contributed by atoms with Gasteiger partial charge < -0.3 is 15.1 Å². The van der Waals surface area contributed by atoms with Crippen LogP contribution in [0, 0.1) is 0 Å². The highest BCUT2D eigenvalue weighted by atomic mass is 32.1. The Morgan fingerprint density at radius 2 is 1.77 bits per heavy atom. The second-order valence-electron chi connectivity index (χ2n) is 8.03. The molecule has 0 atom stereocenters. The average Bonchev–Trinajstić information content (AvgIpc) is 3.25. The monoisotopic (exact) mass is 422 g/mol. The SMILES string of the molecule is O=C(NC1CCCCC1)N1CCN(c2ncnc3c(-c4ccccc4)nsc23)CC1. The third-order valence-electron chi connectivity index (χ3n) is 6.08. The van der Waals surface area contributed by atoms with Gasteiger partial charge in [0.2, 0.25) is 0 Å². The van der Waals surface area contributed by atoms with E-state index in [1.54, 1.807) is 6.33 Å². The van der Waals surface area contributed by atoms with E-state index in [4.69, 9.17) is 0 Å². The highest BCUT2D eigenvalue weighted by molar-refractivity contribution is 7.14. The van der Waals surface area contributed by atoms with Crippen LogP contribution in [0.2, 0.25) is 0 Å². The summed E-state index contributed by atoms with van der Waals surface area (Å²) >= 11 is 1.45. The van der Waals surface area contributed by atoms with Gasteiger partial charge in [0.1, 0.15) is 22.2 Å². The summed E-state index contributed by atoms with van der Waals surface area (Å²) in [5, 5.41) is 3.23. The zero-order chi connectivity index (χ0) is 20.3. The van der Waals surface area contributed by atoms with Crippen LogP contribution in [-0.2, 0) is 0 Å². The molecule has 0 unspecified atom stereocenters. The molecule has 7 nitrogen and oxygen atoms in total. The molecule has 0 radical (unpaired) electrons. The number of piperazine rings is 1. The van der Waals surface area contributed by atoms with E-state index in [0.717, 1.165) is 53.2 Å². The molecule has 1 saturated heterocycles. The van der Waals surface area contributed by atoms with E-state index in [1.165, 1.54) is 30.8 Å². The summed E-state index contributed by atoms with van der Waals surface area (Å²) in [6, 6.07) is 10.6. The first kappa shape index (κ1) is 19.2. The summed E-state index contributed by atoms with van der Waals surface area (Å²) in [5.74, 6) is 0.923. The fourth-order valence-electron chi connectivity index (χ4n) is 4.40. The average molecular weight is 423 g/mol. The number of nitrogens with zero attached hydrogens (tertiary/aromatic N) is 5. The molecule has 0 spiro atoms. The number of carbonyl (C=O) groups is 1. The van der Waals surface area contributed by atoms with Gasteiger partial charge in [0.25, 0.3) is 0 Å². The predicted molar refractivity (Wildman–Crippen MR) is 120 cm³/mol. The van der Waals surface area contributed by atoms with Crippen molar-refractivity contribution in [3.63, 3.8) is 0 Å². The second-order valence-corrected chi connectivity index (χ2v) is 8.80. The van der Waals surface area contributed by atoms with Crippen molar-refractivity contribution in [2.24, 2.45) is 0 Å². The molecular formula is C22H26N6OS. The summed E-state index contributed by atoms with van der Waals surface area (Å²) in [5.41, 5.74) is 2.87. The molecule has 156 valence electrons. The number of fused-ring (bicyclic) bond motifs is 1. The van der Waals surface area contributed by atoms with E-state index in [0.29, 0.717) is 19.1 Å². The Morgan fingerprint density at radius 1 is 1.00 bits per heavy atom. The van der Waals surface area contributed by atoms with E-state index >= 15 is 0 Å². The number of nitrogens with one attached hydrogen (secondary N) is 1. The summed E-state index contributed by atoms with van der Waals surface area (Å²) in [6.07, 6.45) is 7.59. The normalized spacial score (nSPS) is 18.0. The fourth-order valence-corrected chi connectivity index (χ4v) is 5.27. The third kappa shape index (κ3) is 3.84. The number of urea groups is 1. The van der Waals surface area contributed by atoms with Gasteiger partial charge in [-0.25, -0.2) is 14.8 Å². The summed E-state index contributed by atoms with van der Waals surface area (Å²) in [7, 11) is 0. The zero-order valence-corrected chi connectivity index (χ0v) is 17.8. The number of benzene rings is 1. The van der Waals surface area contributed by atoms with Crippen molar-refractivity contribution in [2.75, 3.05) is 31.1 Å². The van der Waals surface area contributed by atoms with Gasteiger partial charge in [-0.2, -0.15) is 4.37 Å². The molecule has 8 heteroatoms. The van der Waals surface area contributed by atoms with Crippen LogP contribution in [0.15, 0.2) is 36.7 Å². The van der Waals surface area contributed by atoms with Crippen molar-refractivity contribution < 1.29 is 4.79 Å². The molecule has 1 aromatic carbocycles. The molecule has 1 aliphatic carbocycles. The Kier molecular flexibility index (Phi) is 5.48. The van der Waals surface area contributed by atoms with Gasteiger partial charge in [-0.05, 0) is 24.4 Å². The lowest BCUT2D eigenvalue weighted by Gasteiger charge is -2.36. The van der Waals surface area contributed by atoms with Crippen LogP contribution in [0.25, 0.3) is 21.5 Å². The lowest BCUT2D eigenvalue weighted by molar-refractivity contribution is 0.186. The minimum atomic E-state index is 0.0820. The van der Waals surface area contributed by atoms with Crippen molar-refractivity contribution in [3.05, 3.63) is 36.7 Å². The number of hydrogen-bond acceptors (Lipinski definition) is 6. The Bertz CT molecular complexity index is 1010. The molecule has 2 aromatic heterocycles. The van der Waals surface area contributed by atoms with Gasteiger partial charge in [0.05, 0.1) is 0 Å². The first-order chi connectivity index (χ1) is 14.8. The van der Waals surface area contributed by atoms with Crippen LogP contribution >= 0.6 is 11.5 Å². The van der Waals surface area contributed by atoms with Crippen molar-refractivity contribution in [1.82, 2.24) is 24.6 Å². The first-order valence-electron chi connectivity index (χ1n) is 10.8. The third-order valence-corrected chi connectivity index (χ3v) is 6.92. The summed E-state index contributed by atoms with van der Waals surface area (Å²) in [4.78, 5) is 25.9. The Balaban J connectivity index is 1.28. The second kappa shape index (κ2) is 8.55. The first-order valence-corrected chi connectivity index (χ1v) is 11.5. The van der Waals surface area contributed by atoms with Crippen LogP contribution in [0.1, 0.15) is 32.1 Å². The van der Waals surface area contributed by atoms with Crippen LogP contribution in [-0.4, -0.2) is 57.5 Å².